The average Bonchev–Trinajstić information content (AvgIpc) is 2.75. The summed E-state index contributed by atoms with van der Waals surface area (Å²) in [5, 5.41) is 2.74. The van der Waals surface area contributed by atoms with Crippen LogP contribution in [0.4, 0.5) is 5.69 Å². The molecule has 8 nitrogen and oxygen atoms in total. The van der Waals surface area contributed by atoms with Crippen LogP contribution in [0, 0.1) is 0 Å². The van der Waals surface area contributed by atoms with Crippen LogP contribution in [0.2, 0.25) is 0 Å². The fourth-order valence-corrected chi connectivity index (χ4v) is 4.44. The molecule has 4 rings (SSSR count). The molecule has 3 saturated heterocycles. The van der Waals surface area contributed by atoms with Gasteiger partial charge in [0, 0.05) is 51.5 Å². The number of amides is 3. The number of benzene rings is 1. The van der Waals surface area contributed by atoms with Crippen LogP contribution in [0.1, 0.15) is 12.8 Å². The van der Waals surface area contributed by atoms with Crippen LogP contribution in [0.5, 0.6) is 0 Å². The molecular weight excluding hydrogens is 370 g/mol. The molecule has 3 fully saturated rings. The van der Waals surface area contributed by atoms with E-state index in [0.717, 1.165) is 51.3 Å². The Morgan fingerprint density at radius 3 is 2.48 bits per heavy atom. The molecule has 0 aromatic heterocycles. The highest BCUT2D eigenvalue weighted by molar-refractivity contribution is 5.97. The second kappa shape index (κ2) is 8.92. The molecule has 1 aromatic rings. The molecule has 0 spiro atoms. The van der Waals surface area contributed by atoms with Gasteiger partial charge < -0.3 is 15.1 Å². The highest BCUT2D eigenvalue weighted by Gasteiger charge is 2.35. The molecule has 0 unspecified atom stereocenters. The molecule has 3 aliphatic rings. The minimum atomic E-state index is -0.0896. The van der Waals surface area contributed by atoms with Gasteiger partial charge in [-0.1, -0.05) is 18.2 Å². The van der Waals surface area contributed by atoms with E-state index in [-0.39, 0.29) is 30.3 Å². The standard InChI is InChI=1S/C21H29N5O3/c27-19-15-25(10-8-22-19)20(28)16-23-11-13-24(14-12-23)18-7-4-9-26(21(18)29)17-5-2-1-3-6-17/h1-3,5-6,18H,4,7-16H2,(H,22,27)/t18-/m1/s1. The van der Waals surface area contributed by atoms with Gasteiger partial charge in [-0.15, -0.1) is 0 Å². The number of rotatable bonds is 4. The van der Waals surface area contributed by atoms with E-state index < -0.39 is 0 Å². The van der Waals surface area contributed by atoms with Gasteiger partial charge in [0.15, 0.2) is 0 Å². The van der Waals surface area contributed by atoms with E-state index in [2.05, 4.69) is 15.1 Å². The Morgan fingerprint density at radius 1 is 1.00 bits per heavy atom. The number of nitrogens with one attached hydrogen (secondary N) is 1. The first-order valence-electron chi connectivity index (χ1n) is 10.5. The van der Waals surface area contributed by atoms with Crippen LogP contribution in [-0.2, 0) is 14.4 Å². The van der Waals surface area contributed by atoms with Gasteiger partial charge in [0.25, 0.3) is 0 Å². The van der Waals surface area contributed by atoms with Crippen LogP contribution in [0.3, 0.4) is 0 Å². The largest absolute Gasteiger partial charge is 0.353 e. The predicted octanol–water partition coefficient (Wildman–Crippen LogP) is -0.242. The highest BCUT2D eigenvalue weighted by Crippen LogP contribution is 2.24. The fraction of sp³-hybridized carbons (Fsp3) is 0.571. The van der Waals surface area contributed by atoms with Gasteiger partial charge in [0.1, 0.15) is 0 Å². The van der Waals surface area contributed by atoms with Gasteiger partial charge in [-0.05, 0) is 25.0 Å². The summed E-state index contributed by atoms with van der Waals surface area (Å²) in [5.74, 6) is 0.108. The van der Waals surface area contributed by atoms with E-state index in [4.69, 9.17) is 0 Å². The number of hydrogen-bond acceptors (Lipinski definition) is 5. The van der Waals surface area contributed by atoms with Crippen molar-refractivity contribution in [3.05, 3.63) is 30.3 Å². The van der Waals surface area contributed by atoms with Crippen LogP contribution >= 0.6 is 0 Å². The minimum Gasteiger partial charge on any atom is -0.353 e. The lowest BCUT2D eigenvalue weighted by Crippen LogP contribution is -2.59. The zero-order valence-electron chi connectivity index (χ0n) is 16.8. The van der Waals surface area contributed by atoms with Gasteiger partial charge in [0.05, 0.1) is 19.1 Å². The van der Waals surface area contributed by atoms with Crippen LogP contribution in [-0.4, -0.2) is 97.4 Å². The summed E-state index contributed by atoms with van der Waals surface area (Å²) in [6.07, 6.45) is 1.89. The third-order valence-electron chi connectivity index (χ3n) is 6.08. The summed E-state index contributed by atoms with van der Waals surface area (Å²) in [4.78, 5) is 45.0. The third-order valence-corrected chi connectivity index (χ3v) is 6.08. The highest BCUT2D eigenvalue weighted by atomic mass is 16.2. The molecule has 0 radical (unpaired) electrons. The molecule has 0 saturated carbocycles. The molecule has 1 atom stereocenters. The first-order valence-corrected chi connectivity index (χ1v) is 10.5. The van der Waals surface area contributed by atoms with E-state index in [9.17, 15) is 14.4 Å². The van der Waals surface area contributed by atoms with Crippen molar-refractivity contribution >= 4 is 23.4 Å². The fourth-order valence-electron chi connectivity index (χ4n) is 4.44. The van der Waals surface area contributed by atoms with Crippen molar-refractivity contribution in [3.63, 3.8) is 0 Å². The normalized spacial score (nSPS) is 24.5. The number of anilines is 1. The van der Waals surface area contributed by atoms with Gasteiger partial charge in [-0.25, -0.2) is 0 Å². The first kappa shape index (κ1) is 19.8. The third kappa shape index (κ3) is 4.59. The van der Waals surface area contributed by atoms with Gasteiger partial charge >= 0.3 is 0 Å². The Kier molecular flexibility index (Phi) is 6.10. The van der Waals surface area contributed by atoms with Crippen LogP contribution in [0.15, 0.2) is 30.3 Å². The molecular formula is C21H29N5O3. The Hall–Kier alpha value is -2.45. The van der Waals surface area contributed by atoms with Crippen molar-refractivity contribution in [3.8, 4) is 0 Å². The number of carbonyl (C=O) groups excluding carboxylic acids is 3. The zero-order valence-corrected chi connectivity index (χ0v) is 16.8. The maximum absolute atomic E-state index is 13.1. The van der Waals surface area contributed by atoms with Crippen molar-refractivity contribution in [1.29, 1.82) is 0 Å². The molecule has 3 amide bonds. The Labute approximate surface area is 171 Å². The summed E-state index contributed by atoms with van der Waals surface area (Å²) < 4.78 is 0. The second-order valence-corrected chi connectivity index (χ2v) is 7.96. The molecule has 1 N–H and O–H groups in total. The number of nitrogens with zero attached hydrogens (tertiary/aromatic N) is 4. The molecule has 0 bridgehead atoms. The summed E-state index contributed by atoms with van der Waals surface area (Å²) in [6.45, 7) is 5.48. The summed E-state index contributed by atoms with van der Waals surface area (Å²) >= 11 is 0. The van der Waals surface area contributed by atoms with E-state index in [1.165, 1.54) is 0 Å². The number of carbonyl (C=O) groups is 3. The van der Waals surface area contributed by atoms with Gasteiger partial charge in [0.2, 0.25) is 17.7 Å². The average molecular weight is 399 g/mol. The molecule has 1 aromatic carbocycles. The Morgan fingerprint density at radius 2 is 1.76 bits per heavy atom. The molecule has 8 heteroatoms. The van der Waals surface area contributed by atoms with Crippen molar-refractivity contribution in [2.75, 3.05) is 63.8 Å². The van der Waals surface area contributed by atoms with Crippen molar-refractivity contribution in [1.82, 2.24) is 20.0 Å². The second-order valence-electron chi connectivity index (χ2n) is 7.96. The molecule has 3 aliphatic heterocycles. The predicted molar refractivity (Wildman–Crippen MR) is 109 cm³/mol. The molecule has 29 heavy (non-hydrogen) atoms. The molecule has 156 valence electrons. The van der Waals surface area contributed by atoms with E-state index in [0.29, 0.717) is 19.6 Å². The van der Waals surface area contributed by atoms with Crippen molar-refractivity contribution < 1.29 is 14.4 Å². The summed E-state index contributed by atoms with van der Waals surface area (Å²) in [6, 6.07) is 9.80. The zero-order chi connectivity index (χ0) is 20.2. The van der Waals surface area contributed by atoms with Crippen LogP contribution < -0.4 is 10.2 Å². The summed E-state index contributed by atoms with van der Waals surface area (Å²) in [5.41, 5.74) is 0.969. The quantitative estimate of drug-likeness (QED) is 0.756. The van der Waals surface area contributed by atoms with Gasteiger partial charge in [-0.3, -0.25) is 24.2 Å². The monoisotopic (exact) mass is 399 g/mol. The smallest absolute Gasteiger partial charge is 0.244 e. The lowest BCUT2D eigenvalue weighted by Gasteiger charge is -2.42. The first-order chi connectivity index (χ1) is 14.1. The number of piperidine rings is 1. The maximum Gasteiger partial charge on any atom is 0.244 e. The number of para-hydroxylation sites is 1. The topological polar surface area (TPSA) is 76.2 Å². The van der Waals surface area contributed by atoms with E-state index >= 15 is 0 Å². The molecule has 0 aliphatic carbocycles. The van der Waals surface area contributed by atoms with Gasteiger partial charge in [-0.2, -0.15) is 0 Å². The number of hydrogen-bond donors (Lipinski definition) is 1. The van der Waals surface area contributed by atoms with Crippen molar-refractivity contribution in [2.45, 2.75) is 18.9 Å². The molecule has 3 heterocycles. The van der Waals surface area contributed by atoms with E-state index in [1.807, 2.05) is 35.2 Å². The number of piperazine rings is 2. The lowest BCUT2D eigenvalue weighted by atomic mass is 10.0. The van der Waals surface area contributed by atoms with E-state index in [1.54, 1.807) is 4.90 Å². The lowest BCUT2D eigenvalue weighted by molar-refractivity contribution is -0.139. The van der Waals surface area contributed by atoms with Crippen LogP contribution in [0.25, 0.3) is 0 Å². The maximum atomic E-state index is 13.1. The Bertz CT molecular complexity index is 748. The summed E-state index contributed by atoms with van der Waals surface area (Å²) in [7, 11) is 0. The SMILES string of the molecule is O=C1CN(C(=O)CN2CCN([C@@H]3CCCN(c4ccccc4)C3=O)CC2)CCN1. The minimum absolute atomic E-state index is 0.0114. The van der Waals surface area contributed by atoms with Crippen molar-refractivity contribution in [2.24, 2.45) is 0 Å². The Balaban J connectivity index is 1.29.